The van der Waals surface area contributed by atoms with Crippen LogP contribution in [0.3, 0.4) is 0 Å². The Morgan fingerprint density at radius 2 is 2.12 bits per heavy atom. The van der Waals surface area contributed by atoms with E-state index in [1.807, 2.05) is 17.3 Å². The van der Waals surface area contributed by atoms with Gasteiger partial charge in [0.1, 0.15) is 0 Å². The Hall–Kier alpha value is -1.86. The van der Waals surface area contributed by atoms with Crippen molar-refractivity contribution in [2.75, 3.05) is 18.9 Å². The average Bonchev–Trinajstić information content (AvgIpc) is 2.96. The van der Waals surface area contributed by atoms with Gasteiger partial charge >= 0.3 is 0 Å². The van der Waals surface area contributed by atoms with Crippen LogP contribution in [0.5, 0.6) is 0 Å². The van der Waals surface area contributed by atoms with Crippen molar-refractivity contribution in [1.82, 2.24) is 19.9 Å². The van der Waals surface area contributed by atoms with E-state index in [9.17, 15) is 4.79 Å². The summed E-state index contributed by atoms with van der Waals surface area (Å²) in [5, 5.41) is 5.53. The Morgan fingerprint density at radius 3 is 2.71 bits per heavy atom. The van der Waals surface area contributed by atoms with E-state index in [0.29, 0.717) is 11.7 Å². The summed E-state index contributed by atoms with van der Waals surface area (Å²) in [7, 11) is 1.93. The van der Waals surface area contributed by atoms with Gasteiger partial charge in [-0.3, -0.25) is 19.7 Å². The number of hydrogen-bond acceptors (Lipinski definition) is 6. The Balaban J connectivity index is 1.86. The third kappa shape index (κ3) is 5.35. The van der Waals surface area contributed by atoms with E-state index in [1.54, 1.807) is 18.6 Å². The zero-order valence-corrected chi connectivity index (χ0v) is 15.7. The fourth-order valence-corrected chi connectivity index (χ4v) is 3.06. The molecule has 0 saturated carbocycles. The van der Waals surface area contributed by atoms with Crippen LogP contribution in [0.2, 0.25) is 0 Å². The Labute approximate surface area is 147 Å². The lowest BCUT2D eigenvalue weighted by atomic mass is 9.93. The number of likely N-dealkylation sites (N-methyl/N-ethyl adjacent to an activating group) is 1. The largest absolute Gasteiger partial charge is 0.301 e. The topological polar surface area (TPSA) is 71.0 Å². The molecule has 0 radical (unpaired) electrons. The summed E-state index contributed by atoms with van der Waals surface area (Å²) in [6.45, 7) is 8.70. The van der Waals surface area contributed by atoms with Gasteiger partial charge in [-0.05, 0) is 14.0 Å². The van der Waals surface area contributed by atoms with Crippen LogP contribution in [-0.2, 0) is 16.6 Å². The molecule has 6 nitrogen and oxygen atoms in total. The van der Waals surface area contributed by atoms with Crippen molar-refractivity contribution in [1.29, 1.82) is 0 Å². The minimum absolute atomic E-state index is 0.0124. The van der Waals surface area contributed by atoms with E-state index in [-0.39, 0.29) is 17.4 Å². The summed E-state index contributed by atoms with van der Waals surface area (Å²) < 4.78 is 0. The average molecular weight is 347 g/mol. The highest BCUT2D eigenvalue weighted by Crippen LogP contribution is 2.26. The van der Waals surface area contributed by atoms with Gasteiger partial charge in [0, 0.05) is 41.8 Å². The van der Waals surface area contributed by atoms with Crippen molar-refractivity contribution in [2.45, 2.75) is 45.6 Å². The van der Waals surface area contributed by atoms with E-state index in [2.05, 4.69) is 48.0 Å². The van der Waals surface area contributed by atoms with Gasteiger partial charge in [-0.25, -0.2) is 4.98 Å². The first-order valence-electron chi connectivity index (χ1n) is 7.96. The number of carbonyl (C=O) groups is 1. The fourth-order valence-electron chi connectivity index (χ4n) is 2.11. The molecule has 0 spiro atoms. The number of nitrogens with zero attached hydrogens (tertiary/aromatic N) is 4. The lowest BCUT2D eigenvalue weighted by Gasteiger charge is -2.23. The number of aromatic nitrogens is 3. The summed E-state index contributed by atoms with van der Waals surface area (Å²) in [5.74, 6) is -0.0571. The normalized spacial score (nSPS) is 13.1. The second-order valence-corrected chi connectivity index (χ2v) is 7.86. The smallest absolute Gasteiger partial charge is 0.240 e. The molecule has 2 rings (SSSR count). The molecular formula is C17H25N5OS. The molecule has 24 heavy (non-hydrogen) atoms. The molecular weight excluding hydrogens is 322 g/mol. The highest BCUT2D eigenvalue weighted by atomic mass is 32.1. The molecule has 0 aliphatic heterocycles. The number of anilines is 1. The molecule has 1 N–H and O–H groups in total. The number of carbonyl (C=O) groups excluding carboxylic acids is 1. The van der Waals surface area contributed by atoms with Crippen LogP contribution in [0, 0.1) is 0 Å². The van der Waals surface area contributed by atoms with Crippen molar-refractivity contribution in [3.05, 3.63) is 35.4 Å². The molecule has 0 fully saturated rings. The first-order valence-corrected chi connectivity index (χ1v) is 8.84. The van der Waals surface area contributed by atoms with Gasteiger partial charge in [0.05, 0.1) is 17.9 Å². The molecule has 1 atom stereocenters. The number of rotatable bonds is 6. The zero-order chi connectivity index (χ0) is 17.7. The van der Waals surface area contributed by atoms with Crippen molar-refractivity contribution in [3.63, 3.8) is 0 Å². The molecule has 7 heteroatoms. The third-order valence-corrected chi connectivity index (χ3v) is 4.54. The summed E-state index contributed by atoms with van der Waals surface area (Å²) in [6.07, 6.45) is 5.85. The molecule has 0 aliphatic rings. The van der Waals surface area contributed by atoms with Gasteiger partial charge < -0.3 is 5.32 Å². The first kappa shape index (κ1) is 18.5. The second-order valence-electron chi connectivity index (χ2n) is 7.00. The highest BCUT2D eigenvalue weighted by molar-refractivity contribution is 7.13. The molecule has 1 unspecified atom stereocenters. The first-order chi connectivity index (χ1) is 11.3. The minimum Gasteiger partial charge on any atom is -0.301 e. The monoisotopic (exact) mass is 347 g/mol. The summed E-state index contributed by atoms with van der Waals surface area (Å²) in [5.41, 5.74) is 1.90. The second kappa shape index (κ2) is 7.81. The maximum Gasteiger partial charge on any atom is 0.240 e. The Bertz CT molecular complexity index is 665. The van der Waals surface area contributed by atoms with E-state index < -0.39 is 0 Å². The van der Waals surface area contributed by atoms with Gasteiger partial charge in [0.25, 0.3) is 0 Å². The standard InChI is InChI=1S/C17H25N5OS/c1-12(8-13-9-18-6-7-19-13)22(5)10-15(23)21-16-20-14(11-24-16)17(2,3)4/h6-7,9,11-12H,8,10H2,1-5H3,(H,20,21,23). The highest BCUT2D eigenvalue weighted by Gasteiger charge is 2.19. The molecule has 2 aromatic rings. The summed E-state index contributed by atoms with van der Waals surface area (Å²) in [4.78, 5) is 27.1. The maximum absolute atomic E-state index is 12.2. The molecule has 0 aromatic carbocycles. The van der Waals surface area contributed by atoms with E-state index in [4.69, 9.17) is 0 Å². The van der Waals surface area contributed by atoms with Crippen molar-refractivity contribution in [2.24, 2.45) is 0 Å². The van der Waals surface area contributed by atoms with Crippen LogP contribution in [0.1, 0.15) is 39.1 Å². The molecule has 0 aliphatic carbocycles. The van der Waals surface area contributed by atoms with Crippen LogP contribution in [0.15, 0.2) is 24.0 Å². The summed E-state index contributed by atoms with van der Waals surface area (Å²) >= 11 is 1.46. The van der Waals surface area contributed by atoms with Gasteiger partial charge in [-0.15, -0.1) is 11.3 Å². The lowest BCUT2D eigenvalue weighted by Crippen LogP contribution is -2.37. The fraction of sp³-hybridized carbons (Fsp3) is 0.529. The van der Waals surface area contributed by atoms with Crippen molar-refractivity contribution < 1.29 is 4.79 Å². The van der Waals surface area contributed by atoms with Crippen LogP contribution in [-0.4, -0.2) is 45.4 Å². The van der Waals surface area contributed by atoms with Crippen LogP contribution in [0.4, 0.5) is 5.13 Å². The predicted octanol–water partition coefficient (Wildman–Crippen LogP) is 2.73. The number of hydrogen-bond donors (Lipinski definition) is 1. The Kier molecular flexibility index (Phi) is 6.01. The third-order valence-electron chi connectivity index (χ3n) is 3.79. The van der Waals surface area contributed by atoms with Crippen LogP contribution >= 0.6 is 11.3 Å². The van der Waals surface area contributed by atoms with E-state index >= 15 is 0 Å². The van der Waals surface area contributed by atoms with E-state index in [1.165, 1.54) is 11.3 Å². The predicted molar refractivity (Wildman–Crippen MR) is 97.3 cm³/mol. The molecule has 130 valence electrons. The van der Waals surface area contributed by atoms with Gasteiger partial charge in [-0.2, -0.15) is 0 Å². The van der Waals surface area contributed by atoms with Crippen molar-refractivity contribution >= 4 is 22.4 Å². The van der Waals surface area contributed by atoms with Crippen molar-refractivity contribution in [3.8, 4) is 0 Å². The van der Waals surface area contributed by atoms with Crippen LogP contribution < -0.4 is 5.32 Å². The lowest BCUT2D eigenvalue weighted by molar-refractivity contribution is -0.117. The molecule has 2 heterocycles. The Morgan fingerprint density at radius 1 is 1.38 bits per heavy atom. The van der Waals surface area contributed by atoms with E-state index in [0.717, 1.165) is 17.8 Å². The minimum atomic E-state index is -0.0571. The molecule has 0 bridgehead atoms. The van der Waals surface area contributed by atoms with Crippen LogP contribution in [0.25, 0.3) is 0 Å². The van der Waals surface area contributed by atoms with Gasteiger partial charge in [0.2, 0.25) is 5.91 Å². The number of thiazole rings is 1. The molecule has 1 amide bonds. The summed E-state index contributed by atoms with van der Waals surface area (Å²) in [6, 6.07) is 0.189. The molecule has 0 saturated heterocycles. The number of nitrogens with one attached hydrogen (secondary N) is 1. The molecule has 2 aromatic heterocycles. The quantitative estimate of drug-likeness (QED) is 0.870. The maximum atomic E-state index is 12.2. The SMILES string of the molecule is CC(Cc1cnccn1)N(C)CC(=O)Nc1nc(C(C)(C)C)cs1. The van der Waals surface area contributed by atoms with Gasteiger partial charge in [0.15, 0.2) is 5.13 Å². The number of amides is 1. The van der Waals surface area contributed by atoms with Gasteiger partial charge in [-0.1, -0.05) is 20.8 Å². The zero-order valence-electron chi connectivity index (χ0n) is 14.9.